The van der Waals surface area contributed by atoms with Crippen molar-refractivity contribution in [3.8, 4) is 0 Å². The standard InChI is InChI=1S/C34H30O6Se2/c1-33(2)19-15-21(33)27(37)31(23(19)29(39)25(35)17-11-7-5-8-12-17)41-42-32-24(20-16-22(28(32)38)34(20,3)4)30(40)26(36)18-13-9-6-10-14-18/h5-14,19-22H,15-16H2,1-4H3/t19-,20-,21+,22+/m0/s1. The summed E-state index contributed by atoms with van der Waals surface area (Å²) in [5.41, 5.74) is 0.287. The Morgan fingerprint density at radius 2 is 0.881 bits per heavy atom. The Kier molecular flexibility index (Phi) is 7.13. The first-order valence-electron chi connectivity index (χ1n) is 14.1. The van der Waals surface area contributed by atoms with E-state index in [2.05, 4.69) is 0 Å². The number of carbonyl (C=O) groups excluding carboxylic acids is 6. The Morgan fingerprint density at radius 1 is 0.548 bits per heavy atom. The number of hydrogen-bond donors (Lipinski definition) is 0. The van der Waals surface area contributed by atoms with Gasteiger partial charge in [-0.05, 0) is 0 Å². The maximum atomic E-state index is 13.8. The molecule has 6 nitrogen and oxygen atoms in total. The van der Waals surface area contributed by atoms with Crippen LogP contribution in [0, 0.1) is 34.5 Å². The van der Waals surface area contributed by atoms with E-state index < -0.39 is 60.2 Å². The Morgan fingerprint density at radius 3 is 1.19 bits per heavy atom. The zero-order valence-corrected chi connectivity index (χ0v) is 27.2. The molecule has 0 aromatic heterocycles. The van der Waals surface area contributed by atoms with Gasteiger partial charge in [0.25, 0.3) is 0 Å². The van der Waals surface area contributed by atoms with Gasteiger partial charge in [-0.3, -0.25) is 0 Å². The molecule has 0 unspecified atom stereocenters. The minimum absolute atomic E-state index is 0.115. The molecule has 0 radical (unpaired) electrons. The van der Waals surface area contributed by atoms with Gasteiger partial charge in [-0.25, -0.2) is 0 Å². The topological polar surface area (TPSA) is 102 Å². The number of ketones is 6. The van der Waals surface area contributed by atoms with Crippen molar-refractivity contribution in [2.24, 2.45) is 34.5 Å². The van der Waals surface area contributed by atoms with E-state index >= 15 is 0 Å². The normalized spacial score (nSPS) is 26.8. The van der Waals surface area contributed by atoms with E-state index in [9.17, 15) is 28.8 Å². The molecule has 4 bridgehead atoms. The van der Waals surface area contributed by atoms with E-state index in [1.165, 1.54) is 0 Å². The summed E-state index contributed by atoms with van der Waals surface area (Å²) in [6, 6.07) is 16.7. The molecule has 2 fully saturated rings. The van der Waals surface area contributed by atoms with Gasteiger partial charge in [0.05, 0.1) is 0 Å². The first-order valence-corrected chi connectivity index (χ1v) is 20.1. The van der Waals surface area contributed by atoms with Gasteiger partial charge in [0.15, 0.2) is 0 Å². The third-order valence-electron chi connectivity index (χ3n) is 9.98. The molecule has 2 aromatic carbocycles. The Balaban J connectivity index is 1.39. The van der Waals surface area contributed by atoms with Crippen LogP contribution in [0.4, 0.5) is 0 Å². The molecule has 0 N–H and O–H groups in total. The summed E-state index contributed by atoms with van der Waals surface area (Å²) in [6.45, 7) is 7.86. The fourth-order valence-corrected chi connectivity index (χ4v) is 15.3. The van der Waals surface area contributed by atoms with Gasteiger partial charge in [0, 0.05) is 0 Å². The molecule has 0 saturated heterocycles. The SMILES string of the molecule is CC1(C)[C@@H]2C[C@H]1C(C(=O)C(=O)c1ccccc1)=C([Se][Se]C1=C(C(=O)C(=O)c3ccccc3)[C@@H]3C[C@H](C1=O)C3(C)C)C2=O. The fraction of sp³-hybridized carbons (Fsp3) is 0.353. The number of Topliss-reactive ketones (excluding diaryl/α,β-unsaturated/α-hetero) is 6. The van der Waals surface area contributed by atoms with Gasteiger partial charge in [-0.2, -0.15) is 0 Å². The second kappa shape index (κ2) is 10.3. The quantitative estimate of drug-likeness (QED) is 0.222. The van der Waals surface area contributed by atoms with Crippen LogP contribution in [0.1, 0.15) is 61.3 Å². The van der Waals surface area contributed by atoms with Gasteiger partial charge >= 0.3 is 257 Å². The van der Waals surface area contributed by atoms with Crippen molar-refractivity contribution >= 4 is 61.0 Å². The third-order valence-corrected chi connectivity index (χ3v) is 17.2. The molecular weight excluding hydrogens is 662 g/mol. The van der Waals surface area contributed by atoms with Gasteiger partial charge in [-0.1, -0.05) is 0 Å². The number of fused-ring (bicyclic) bond motifs is 2. The van der Waals surface area contributed by atoms with E-state index in [0.717, 1.165) is 0 Å². The summed E-state index contributed by atoms with van der Waals surface area (Å²) in [7, 11) is 0. The van der Waals surface area contributed by atoms with Crippen molar-refractivity contribution in [3.05, 3.63) is 91.9 Å². The van der Waals surface area contributed by atoms with Crippen LogP contribution in [0.25, 0.3) is 0 Å². The van der Waals surface area contributed by atoms with Gasteiger partial charge < -0.3 is 0 Å². The van der Waals surface area contributed by atoms with Crippen molar-refractivity contribution in [1.82, 2.24) is 0 Å². The summed E-state index contributed by atoms with van der Waals surface area (Å²) in [5.74, 6) is -3.70. The molecule has 8 rings (SSSR count). The molecule has 2 saturated carbocycles. The van der Waals surface area contributed by atoms with Crippen LogP contribution in [0.3, 0.4) is 0 Å². The van der Waals surface area contributed by atoms with Crippen molar-refractivity contribution in [1.29, 1.82) is 0 Å². The second-order valence-corrected chi connectivity index (χ2v) is 18.8. The van der Waals surface area contributed by atoms with Crippen LogP contribution in [-0.4, -0.2) is 61.0 Å². The molecule has 4 atom stereocenters. The molecule has 6 aliphatic carbocycles. The van der Waals surface area contributed by atoms with Crippen molar-refractivity contribution in [3.63, 3.8) is 0 Å². The number of rotatable bonds is 9. The first kappa shape index (κ1) is 29.1. The number of allylic oxidation sites excluding steroid dienone is 4. The van der Waals surface area contributed by atoms with Crippen molar-refractivity contribution in [2.75, 3.05) is 0 Å². The van der Waals surface area contributed by atoms with Gasteiger partial charge in [-0.15, -0.1) is 0 Å². The van der Waals surface area contributed by atoms with Crippen molar-refractivity contribution in [2.45, 2.75) is 40.5 Å². The Labute approximate surface area is 255 Å². The summed E-state index contributed by atoms with van der Waals surface area (Å²) in [4.78, 5) is 81.6. The van der Waals surface area contributed by atoms with E-state index in [-0.39, 0.29) is 46.4 Å². The van der Waals surface area contributed by atoms with Crippen LogP contribution in [0.15, 0.2) is 80.8 Å². The fourth-order valence-electron chi connectivity index (χ4n) is 7.08. The van der Waals surface area contributed by atoms with E-state index in [0.29, 0.717) is 32.9 Å². The van der Waals surface area contributed by atoms with Crippen LogP contribution in [0.5, 0.6) is 0 Å². The first-order chi connectivity index (χ1) is 19.9. The summed E-state index contributed by atoms with van der Waals surface area (Å²) >= 11 is -1.22. The van der Waals surface area contributed by atoms with Gasteiger partial charge in [0.2, 0.25) is 0 Å². The molecule has 214 valence electrons. The number of hydrogen-bond acceptors (Lipinski definition) is 6. The predicted molar refractivity (Wildman–Crippen MR) is 158 cm³/mol. The van der Waals surface area contributed by atoms with Crippen molar-refractivity contribution < 1.29 is 28.8 Å². The van der Waals surface area contributed by atoms with E-state index in [1.807, 2.05) is 27.7 Å². The molecular formula is C34H30O6Se2. The monoisotopic (exact) mass is 694 g/mol. The predicted octanol–water partition coefficient (Wildman–Crippen LogP) is 4.21. The average molecular weight is 693 g/mol. The summed E-state index contributed by atoms with van der Waals surface area (Å²) < 4.78 is 0.773. The van der Waals surface area contributed by atoms with Crippen LogP contribution >= 0.6 is 0 Å². The molecule has 0 heterocycles. The third kappa shape index (κ3) is 4.26. The summed E-state index contributed by atoms with van der Waals surface area (Å²) in [5, 5.41) is 0. The maximum absolute atomic E-state index is 13.8. The van der Waals surface area contributed by atoms with Crippen LogP contribution < -0.4 is 0 Å². The van der Waals surface area contributed by atoms with Gasteiger partial charge in [0.1, 0.15) is 0 Å². The molecule has 0 aliphatic heterocycles. The molecule has 0 amide bonds. The summed E-state index contributed by atoms with van der Waals surface area (Å²) in [6.07, 6.45) is 1.08. The molecule has 8 heteroatoms. The number of carbonyl (C=O) groups is 6. The Bertz CT molecular complexity index is 1520. The zero-order valence-electron chi connectivity index (χ0n) is 23.8. The van der Waals surface area contributed by atoms with Crippen LogP contribution in [0.2, 0.25) is 0 Å². The van der Waals surface area contributed by atoms with E-state index in [4.69, 9.17) is 0 Å². The zero-order chi connectivity index (χ0) is 30.1. The molecule has 2 aromatic rings. The Hall–Kier alpha value is -3.02. The average Bonchev–Trinajstić information content (AvgIpc) is 2.99. The minimum atomic E-state index is -0.651. The number of benzene rings is 2. The molecule has 6 aliphatic rings. The molecule has 0 spiro atoms. The van der Waals surface area contributed by atoms with Crippen LogP contribution in [-0.2, 0) is 19.2 Å². The second-order valence-electron chi connectivity index (χ2n) is 12.8. The van der Waals surface area contributed by atoms with E-state index in [1.54, 1.807) is 60.7 Å². The molecule has 42 heavy (non-hydrogen) atoms.